The van der Waals surface area contributed by atoms with Crippen molar-refractivity contribution in [3.63, 3.8) is 0 Å². The Morgan fingerprint density at radius 1 is 1.29 bits per heavy atom. The summed E-state index contributed by atoms with van der Waals surface area (Å²) in [4.78, 5) is 19.2. The largest absolute Gasteiger partial charge is 0.368 e. The first-order valence-electron chi connectivity index (χ1n) is 9.27. The summed E-state index contributed by atoms with van der Waals surface area (Å²) >= 11 is 0. The number of hydrogen-bond acceptors (Lipinski definition) is 4. The van der Waals surface area contributed by atoms with Crippen LogP contribution in [0.3, 0.4) is 0 Å². The maximum atomic E-state index is 12.0. The number of piperidine rings is 1. The van der Waals surface area contributed by atoms with Crippen LogP contribution in [0.2, 0.25) is 0 Å². The van der Waals surface area contributed by atoms with Gasteiger partial charge in [-0.3, -0.25) is 9.78 Å². The second-order valence-corrected chi connectivity index (χ2v) is 6.97. The lowest BCUT2D eigenvalue weighted by molar-refractivity contribution is -0.135. The smallest absolute Gasteiger partial charge is 0.249 e. The van der Waals surface area contributed by atoms with Gasteiger partial charge in [0.1, 0.15) is 6.10 Å². The minimum atomic E-state index is -0.225. The summed E-state index contributed by atoms with van der Waals surface area (Å²) in [5.74, 6) is 0.639. The second-order valence-electron chi connectivity index (χ2n) is 6.97. The normalized spacial score (nSPS) is 23.1. The lowest BCUT2D eigenvalue weighted by Gasteiger charge is -2.32. The van der Waals surface area contributed by atoms with Gasteiger partial charge < -0.3 is 15.0 Å². The Balaban J connectivity index is 1.36. The van der Waals surface area contributed by atoms with Crippen molar-refractivity contribution >= 4 is 5.91 Å². The fraction of sp³-hybridized carbons (Fsp3) is 0.684. The Kier molecular flexibility index (Phi) is 6.21. The fourth-order valence-electron chi connectivity index (χ4n) is 3.64. The third-order valence-corrected chi connectivity index (χ3v) is 5.12. The van der Waals surface area contributed by atoms with Gasteiger partial charge in [-0.25, -0.2) is 0 Å². The van der Waals surface area contributed by atoms with Crippen molar-refractivity contribution in [1.29, 1.82) is 0 Å². The lowest BCUT2D eigenvalue weighted by Crippen LogP contribution is -2.43. The van der Waals surface area contributed by atoms with E-state index in [0.717, 1.165) is 64.0 Å². The van der Waals surface area contributed by atoms with Crippen LogP contribution in [0.4, 0.5) is 0 Å². The first-order chi connectivity index (χ1) is 11.7. The molecule has 2 fully saturated rings. The molecular formula is C19H29N3O2. The Morgan fingerprint density at radius 3 is 2.83 bits per heavy atom. The highest BCUT2D eigenvalue weighted by Gasteiger charge is 2.23. The van der Waals surface area contributed by atoms with Gasteiger partial charge in [-0.1, -0.05) is 6.07 Å². The summed E-state index contributed by atoms with van der Waals surface area (Å²) in [6.07, 6.45) is 5.11. The Morgan fingerprint density at radius 2 is 2.12 bits per heavy atom. The molecule has 1 unspecified atom stereocenters. The molecule has 2 aliphatic rings. The van der Waals surface area contributed by atoms with Crippen molar-refractivity contribution in [3.8, 4) is 0 Å². The van der Waals surface area contributed by atoms with Crippen molar-refractivity contribution < 1.29 is 9.53 Å². The Labute approximate surface area is 144 Å². The average Bonchev–Trinajstić information content (AvgIpc) is 2.63. The molecule has 1 aromatic rings. The van der Waals surface area contributed by atoms with E-state index < -0.39 is 0 Å². The molecule has 132 valence electrons. The van der Waals surface area contributed by atoms with Gasteiger partial charge in [-0.15, -0.1) is 0 Å². The zero-order valence-corrected chi connectivity index (χ0v) is 14.7. The SMILES string of the molecule is Cc1cccc(C2CCN(CCNC(=O)C3CCCCO3)CC2)n1. The van der Waals surface area contributed by atoms with E-state index in [4.69, 9.17) is 4.74 Å². The number of hydrogen-bond donors (Lipinski definition) is 1. The number of likely N-dealkylation sites (tertiary alicyclic amines) is 1. The minimum Gasteiger partial charge on any atom is -0.368 e. The van der Waals surface area contributed by atoms with Gasteiger partial charge in [0, 0.05) is 37.0 Å². The van der Waals surface area contributed by atoms with Gasteiger partial charge >= 0.3 is 0 Å². The molecular weight excluding hydrogens is 302 g/mol. The topological polar surface area (TPSA) is 54.5 Å². The number of amides is 1. The number of nitrogens with zero attached hydrogens (tertiary/aromatic N) is 2. The fourth-order valence-corrected chi connectivity index (χ4v) is 3.64. The van der Waals surface area contributed by atoms with E-state index in [9.17, 15) is 4.79 Å². The molecule has 0 bridgehead atoms. The number of aryl methyl sites for hydroxylation is 1. The molecule has 3 rings (SSSR count). The second kappa shape index (κ2) is 8.58. The van der Waals surface area contributed by atoms with E-state index in [1.165, 1.54) is 5.69 Å². The summed E-state index contributed by atoms with van der Waals surface area (Å²) in [7, 11) is 0. The Hall–Kier alpha value is -1.46. The predicted molar refractivity (Wildman–Crippen MR) is 94.0 cm³/mol. The molecule has 24 heavy (non-hydrogen) atoms. The summed E-state index contributed by atoms with van der Waals surface area (Å²) in [6, 6.07) is 6.31. The highest BCUT2D eigenvalue weighted by Crippen LogP contribution is 2.26. The monoisotopic (exact) mass is 331 g/mol. The number of rotatable bonds is 5. The van der Waals surface area contributed by atoms with Crippen molar-refractivity contribution in [3.05, 3.63) is 29.6 Å². The summed E-state index contributed by atoms with van der Waals surface area (Å²) in [6.45, 7) is 6.57. The molecule has 1 aromatic heterocycles. The predicted octanol–water partition coefficient (Wildman–Crippen LogP) is 2.25. The molecule has 5 heteroatoms. The molecule has 0 aromatic carbocycles. The molecule has 2 saturated heterocycles. The van der Waals surface area contributed by atoms with E-state index in [1.807, 2.05) is 0 Å². The number of carbonyl (C=O) groups excluding carboxylic acids is 1. The van der Waals surface area contributed by atoms with Gasteiger partial charge in [0.2, 0.25) is 5.91 Å². The van der Waals surface area contributed by atoms with E-state index in [1.54, 1.807) is 0 Å². The van der Waals surface area contributed by atoms with Crippen LogP contribution >= 0.6 is 0 Å². The first kappa shape index (κ1) is 17.4. The quantitative estimate of drug-likeness (QED) is 0.899. The van der Waals surface area contributed by atoms with E-state index in [0.29, 0.717) is 12.5 Å². The van der Waals surface area contributed by atoms with Crippen molar-refractivity contribution in [2.24, 2.45) is 0 Å². The molecule has 0 aliphatic carbocycles. The van der Waals surface area contributed by atoms with Gasteiger partial charge in [0.25, 0.3) is 0 Å². The van der Waals surface area contributed by atoms with Crippen LogP contribution in [0.5, 0.6) is 0 Å². The summed E-state index contributed by atoms with van der Waals surface area (Å²) < 4.78 is 5.52. The van der Waals surface area contributed by atoms with Crippen LogP contribution in [-0.2, 0) is 9.53 Å². The van der Waals surface area contributed by atoms with E-state index in [2.05, 4.69) is 40.3 Å². The highest BCUT2D eigenvalue weighted by atomic mass is 16.5. The number of nitrogens with one attached hydrogen (secondary N) is 1. The molecule has 0 spiro atoms. The van der Waals surface area contributed by atoms with Gasteiger partial charge in [-0.2, -0.15) is 0 Å². The third-order valence-electron chi connectivity index (χ3n) is 5.12. The van der Waals surface area contributed by atoms with Gasteiger partial charge in [-0.05, 0) is 64.3 Å². The van der Waals surface area contributed by atoms with Crippen LogP contribution in [0.25, 0.3) is 0 Å². The molecule has 0 saturated carbocycles. The minimum absolute atomic E-state index is 0.0635. The number of carbonyl (C=O) groups is 1. The molecule has 0 radical (unpaired) electrons. The molecule has 1 N–H and O–H groups in total. The van der Waals surface area contributed by atoms with Crippen molar-refractivity contribution in [2.75, 3.05) is 32.8 Å². The molecule has 1 atom stereocenters. The first-order valence-corrected chi connectivity index (χ1v) is 9.27. The van der Waals surface area contributed by atoms with Crippen molar-refractivity contribution in [1.82, 2.24) is 15.2 Å². The number of aromatic nitrogens is 1. The van der Waals surface area contributed by atoms with E-state index >= 15 is 0 Å². The number of pyridine rings is 1. The van der Waals surface area contributed by atoms with Crippen molar-refractivity contribution in [2.45, 2.75) is 51.0 Å². The third kappa shape index (κ3) is 4.77. The van der Waals surface area contributed by atoms with Gasteiger partial charge in [0.15, 0.2) is 0 Å². The molecule has 3 heterocycles. The average molecular weight is 331 g/mol. The maximum Gasteiger partial charge on any atom is 0.249 e. The molecule has 2 aliphatic heterocycles. The zero-order chi connectivity index (χ0) is 16.8. The maximum absolute atomic E-state index is 12.0. The number of ether oxygens (including phenoxy) is 1. The summed E-state index contributed by atoms with van der Waals surface area (Å²) in [5, 5.41) is 3.03. The summed E-state index contributed by atoms with van der Waals surface area (Å²) in [5.41, 5.74) is 2.33. The lowest BCUT2D eigenvalue weighted by atomic mass is 9.93. The van der Waals surface area contributed by atoms with E-state index in [-0.39, 0.29) is 12.0 Å². The van der Waals surface area contributed by atoms with Crippen LogP contribution in [0.1, 0.15) is 49.4 Å². The van der Waals surface area contributed by atoms with Crippen LogP contribution in [0.15, 0.2) is 18.2 Å². The van der Waals surface area contributed by atoms with Gasteiger partial charge in [0.05, 0.1) is 0 Å². The standard InChI is InChI=1S/C19H29N3O2/c1-15-5-4-6-17(21-15)16-8-11-22(12-9-16)13-10-20-19(23)18-7-2-3-14-24-18/h4-6,16,18H,2-3,7-14H2,1H3,(H,20,23). The molecule has 1 amide bonds. The van der Waals surface area contributed by atoms with Crippen LogP contribution in [-0.4, -0.2) is 54.7 Å². The highest BCUT2D eigenvalue weighted by molar-refractivity contribution is 5.80. The zero-order valence-electron chi connectivity index (χ0n) is 14.7. The van der Waals surface area contributed by atoms with Crippen LogP contribution in [0, 0.1) is 6.92 Å². The van der Waals surface area contributed by atoms with Crippen LogP contribution < -0.4 is 5.32 Å². The Bertz CT molecular complexity index is 535. The molecule has 5 nitrogen and oxygen atoms in total.